The summed E-state index contributed by atoms with van der Waals surface area (Å²) < 4.78 is 18.2. The van der Waals surface area contributed by atoms with Crippen LogP contribution in [0.3, 0.4) is 0 Å². The number of allylic oxidation sites excluding steroid dienone is 1. The Hall–Kier alpha value is -3.07. The molecule has 2 aliphatic rings. The first-order valence-corrected chi connectivity index (χ1v) is 12.0. The summed E-state index contributed by atoms with van der Waals surface area (Å²) >= 11 is 13.5. The Morgan fingerprint density at radius 2 is 2.03 bits per heavy atom. The molecular formula is C24H18Cl2N2O5S. The van der Waals surface area contributed by atoms with E-state index in [9.17, 15) is 9.59 Å². The Labute approximate surface area is 208 Å². The van der Waals surface area contributed by atoms with E-state index in [0.29, 0.717) is 53.3 Å². The number of fused-ring (bicyclic) bond motifs is 2. The van der Waals surface area contributed by atoms with Gasteiger partial charge in [0.25, 0.3) is 5.56 Å². The highest BCUT2D eigenvalue weighted by molar-refractivity contribution is 7.07. The van der Waals surface area contributed by atoms with Gasteiger partial charge in [-0.1, -0.05) is 46.7 Å². The van der Waals surface area contributed by atoms with Crippen molar-refractivity contribution < 1.29 is 19.0 Å². The number of esters is 1. The van der Waals surface area contributed by atoms with Crippen molar-refractivity contribution in [2.45, 2.75) is 19.9 Å². The molecule has 7 nitrogen and oxygen atoms in total. The van der Waals surface area contributed by atoms with Crippen molar-refractivity contribution in [3.8, 4) is 11.5 Å². The number of carbonyl (C=O) groups excluding carboxylic acids is 1. The second-order valence-electron chi connectivity index (χ2n) is 7.58. The molecule has 2 aliphatic heterocycles. The van der Waals surface area contributed by atoms with Crippen LogP contribution in [0.4, 0.5) is 0 Å². The molecule has 2 aromatic carbocycles. The van der Waals surface area contributed by atoms with Gasteiger partial charge in [0.2, 0.25) is 6.79 Å². The monoisotopic (exact) mass is 516 g/mol. The molecule has 10 heteroatoms. The van der Waals surface area contributed by atoms with Gasteiger partial charge in [-0.3, -0.25) is 9.36 Å². The van der Waals surface area contributed by atoms with Gasteiger partial charge >= 0.3 is 5.97 Å². The number of hydrogen-bond donors (Lipinski definition) is 0. The second kappa shape index (κ2) is 8.94. The first-order chi connectivity index (χ1) is 16.4. The number of aromatic nitrogens is 1. The van der Waals surface area contributed by atoms with Gasteiger partial charge in [0.1, 0.15) is 0 Å². The number of thiazole rings is 1. The number of benzene rings is 2. The second-order valence-corrected chi connectivity index (χ2v) is 9.43. The molecule has 0 bridgehead atoms. The van der Waals surface area contributed by atoms with Gasteiger partial charge in [-0.15, -0.1) is 0 Å². The molecule has 0 N–H and O–H groups in total. The summed E-state index contributed by atoms with van der Waals surface area (Å²) in [7, 11) is 0. The largest absolute Gasteiger partial charge is 0.463 e. The summed E-state index contributed by atoms with van der Waals surface area (Å²) in [5, 5.41) is 0.926. The number of rotatable bonds is 4. The Morgan fingerprint density at radius 3 is 2.79 bits per heavy atom. The van der Waals surface area contributed by atoms with E-state index in [-0.39, 0.29) is 19.0 Å². The van der Waals surface area contributed by atoms with E-state index >= 15 is 0 Å². The highest BCUT2D eigenvalue weighted by Gasteiger charge is 2.34. The molecular weight excluding hydrogens is 499 g/mol. The van der Waals surface area contributed by atoms with Crippen LogP contribution in [0.25, 0.3) is 6.08 Å². The van der Waals surface area contributed by atoms with Gasteiger partial charge in [0.15, 0.2) is 16.3 Å². The topological polar surface area (TPSA) is 79.1 Å². The molecule has 0 spiro atoms. The average Bonchev–Trinajstić information content (AvgIpc) is 3.38. The van der Waals surface area contributed by atoms with Crippen molar-refractivity contribution in [1.82, 2.24) is 4.57 Å². The minimum Gasteiger partial charge on any atom is -0.463 e. The standard InChI is InChI=1S/C24H18Cl2N2O5S/c1-3-31-23(30)20-12(2)27-24-28(21(20)14-5-7-17-18(8-14)33-11-32-17)22(29)19(34-24)9-13-4-6-15(25)10-16(13)26/h4-10,21H,3,11H2,1-2H3/b19-9-/t21-/m0/s1. The molecule has 34 heavy (non-hydrogen) atoms. The van der Waals surface area contributed by atoms with Crippen molar-refractivity contribution in [1.29, 1.82) is 0 Å². The maximum absolute atomic E-state index is 13.6. The molecule has 0 saturated carbocycles. The van der Waals surface area contributed by atoms with Crippen molar-refractivity contribution >= 4 is 46.6 Å². The highest BCUT2D eigenvalue weighted by atomic mass is 35.5. The van der Waals surface area contributed by atoms with E-state index < -0.39 is 12.0 Å². The summed E-state index contributed by atoms with van der Waals surface area (Å²) in [4.78, 5) is 31.6. The fraction of sp³-hybridized carbons (Fsp3) is 0.208. The quantitative estimate of drug-likeness (QED) is 0.492. The van der Waals surface area contributed by atoms with Crippen molar-refractivity contribution in [3.63, 3.8) is 0 Å². The molecule has 3 aromatic rings. The number of nitrogens with zero attached hydrogens (tertiary/aromatic N) is 2. The normalized spacial score (nSPS) is 16.9. The van der Waals surface area contributed by atoms with Crippen LogP contribution in [0.15, 0.2) is 57.5 Å². The summed E-state index contributed by atoms with van der Waals surface area (Å²) in [6.07, 6.45) is 1.70. The van der Waals surface area contributed by atoms with Gasteiger partial charge < -0.3 is 14.2 Å². The van der Waals surface area contributed by atoms with E-state index in [1.807, 2.05) is 6.07 Å². The van der Waals surface area contributed by atoms with Crippen LogP contribution in [0.2, 0.25) is 10.0 Å². The number of halogens is 2. The summed E-state index contributed by atoms with van der Waals surface area (Å²) in [6.45, 7) is 3.78. The van der Waals surface area contributed by atoms with Crippen LogP contribution >= 0.6 is 34.5 Å². The zero-order valence-electron chi connectivity index (χ0n) is 18.1. The first-order valence-electron chi connectivity index (χ1n) is 10.4. The molecule has 0 fully saturated rings. The number of hydrogen-bond acceptors (Lipinski definition) is 7. The molecule has 174 valence electrons. The van der Waals surface area contributed by atoms with Crippen molar-refractivity contribution in [2.24, 2.45) is 4.99 Å². The lowest BCUT2D eigenvalue weighted by Gasteiger charge is -2.24. The van der Waals surface area contributed by atoms with Gasteiger partial charge in [-0.25, -0.2) is 9.79 Å². The molecule has 3 heterocycles. The zero-order chi connectivity index (χ0) is 24.0. The third-order valence-corrected chi connectivity index (χ3v) is 7.02. The number of ether oxygens (including phenoxy) is 3. The molecule has 0 aliphatic carbocycles. The minimum atomic E-state index is -0.743. The minimum absolute atomic E-state index is 0.114. The molecule has 0 unspecified atom stereocenters. The number of carbonyl (C=O) groups is 1. The Morgan fingerprint density at radius 1 is 1.24 bits per heavy atom. The first kappa shape index (κ1) is 22.7. The van der Waals surface area contributed by atoms with Gasteiger partial charge in [0.05, 0.1) is 28.5 Å². The zero-order valence-corrected chi connectivity index (χ0v) is 20.5. The van der Waals surface area contributed by atoms with Crippen LogP contribution in [-0.2, 0) is 9.53 Å². The van der Waals surface area contributed by atoms with E-state index in [1.54, 1.807) is 50.3 Å². The lowest BCUT2D eigenvalue weighted by Crippen LogP contribution is -2.39. The lowest BCUT2D eigenvalue weighted by atomic mass is 9.95. The third-order valence-electron chi connectivity index (χ3n) is 5.48. The fourth-order valence-corrected chi connectivity index (χ4v) is 5.45. The molecule has 5 rings (SSSR count). The summed E-state index contributed by atoms with van der Waals surface area (Å²) in [5.74, 6) is 0.624. The van der Waals surface area contributed by atoms with Crippen LogP contribution < -0.4 is 24.4 Å². The summed E-state index contributed by atoms with van der Waals surface area (Å²) in [6, 6.07) is 9.67. The molecule has 1 atom stereocenters. The van der Waals surface area contributed by atoms with E-state index in [0.717, 1.165) is 0 Å². The van der Waals surface area contributed by atoms with Crippen LogP contribution in [-0.4, -0.2) is 23.9 Å². The smallest absolute Gasteiger partial charge is 0.338 e. The Bertz CT molecular complexity index is 1540. The lowest BCUT2D eigenvalue weighted by molar-refractivity contribution is -0.139. The third kappa shape index (κ3) is 3.91. The van der Waals surface area contributed by atoms with Crippen LogP contribution in [0, 0.1) is 0 Å². The van der Waals surface area contributed by atoms with Gasteiger partial charge in [0, 0.05) is 10.0 Å². The fourth-order valence-electron chi connectivity index (χ4n) is 3.95. The Balaban J connectivity index is 1.73. The van der Waals surface area contributed by atoms with E-state index in [1.165, 1.54) is 15.9 Å². The van der Waals surface area contributed by atoms with E-state index in [2.05, 4.69) is 4.99 Å². The van der Waals surface area contributed by atoms with E-state index in [4.69, 9.17) is 37.4 Å². The van der Waals surface area contributed by atoms with Crippen LogP contribution in [0.1, 0.15) is 31.0 Å². The summed E-state index contributed by atoms with van der Waals surface area (Å²) in [5.41, 5.74) is 1.81. The predicted molar refractivity (Wildman–Crippen MR) is 129 cm³/mol. The molecule has 0 amide bonds. The average molecular weight is 517 g/mol. The maximum atomic E-state index is 13.6. The van der Waals surface area contributed by atoms with Gasteiger partial charge in [-0.05, 0) is 55.3 Å². The van der Waals surface area contributed by atoms with Crippen molar-refractivity contribution in [2.75, 3.05) is 13.4 Å². The van der Waals surface area contributed by atoms with Crippen molar-refractivity contribution in [3.05, 3.63) is 88.5 Å². The highest BCUT2D eigenvalue weighted by Crippen LogP contribution is 2.38. The van der Waals surface area contributed by atoms with Gasteiger partial charge in [-0.2, -0.15) is 0 Å². The Kier molecular flexibility index (Phi) is 5.97. The molecule has 0 saturated heterocycles. The maximum Gasteiger partial charge on any atom is 0.338 e. The molecule has 1 aromatic heterocycles. The molecule has 0 radical (unpaired) electrons. The predicted octanol–water partition coefficient (Wildman–Crippen LogP) is 3.83. The SMILES string of the molecule is CCOC(=O)C1=C(C)N=c2s/c(=C\c3ccc(Cl)cc3Cl)c(=O)n2[C@H]1c1ccc2c(c1)OCO2. The van der Waals surface area contributed by atoms with Crippen LogP contribution in [0.5, 0.6) is 11.5 Å².